The fraction of sp³-hybridized carbons (Fsp3) is 0.350. The standard InChI is InChI=1S/C20H20ClF2N3/c21-14-6-4-5-13(9-14)12-24-19-20(7-2-1-3-8-20)26-18-11-16(23)15(22)10-17(18)25-19/h4-6,9-11,26H,1-3,7-8,12H2,(H,24,25). The summed E-state index contributed by atoms with van der Waals surface area (Å²) in [6.07, 6.45) is 5.14. The van der Waals surface area contributed by atoms with Crippen LogP contribution in [-0.4, -0.2) is 11.4 Å². The summed E-state index contributed by atoms with van der Waals surface area (Å²) in [4.78, 5) is 4.67. The van der Waals surface area contributed by atoms with Crippen molar-refractivity contribution < 1.29 is 8.78 Å². The lowest BCUT2D eigenvalue weighted by atomic mass is 9.79. The van der Waals surface area contributed by atoms with Crippen LogP contribution in [0.1, 0.15) is 37.7 Å². The van der Waals surface area contributed by atoms with E-state index in [1.165, 1.54) is 12.5 Å². The number of benzene rings is 2. The number of nitrogens with zero attached hydrogens (tertiary/aromatic N) is 1. The van der Waals surface area contributed by atoms with Gasteiger partial charge >= 0.3 is 0 Å². The number of amidine groups is 1. The maximum absolute atomic E-state index is 13.7. The van der Waals surface area contributed by atoms with Crippen LogP contribution in [0.25, 0.3) is 0 Å². The van der Waals surface area contributed by atoms with Gasteiger partial charge in [-0.05, 0) is 30.5 Å². The number of halogens is 3. The minimum absolute atomic E-state index is 0.353. The molecule has 1 saturated carbocycles. The van der Waals surface area contributed by atoms with Crippen molar-refractivity contribution in [3.05, 3.63) is 58.6 Å². The molecule has 2 aromatic rings. The molecule has 1 heterocycles. The molecule has 1 fully saturated rings. The number of hydrogen-bond acceptors (Lipinski definition) is 3. The summed E-state index contributed by atoms with van der Waals surface area (Å²) in [6.45, 7) is 0.571. The molecule has 0 unspecified atom stereocenters. The molecule has 0 amide bonds. The third-order valence-corrected chi connectivity index (χ3v) is 5.39. The third-order valence-electron chi connectivity index (χ3n) is 5.15. The summed E-state index contributed by atoms with van der Waals surface area (Å²) in [7, 11) is 0. The Morgan fingerprint density at radius 3 is 2.62 bits per heavy atom. The summed E-state index contributed by atoms with van der Waals surface area (Å²) in [5.74, 6) is -0.952. The van der Waals surface area contributed by atoms with Crippen molar-refractivity contribution in [1.29, 1.82) is 0 Å². The zero-order valence-corrected chi connectivity index (χ0v) is 15.0. The molecule has 0 saturated heterocycles. The molecule has 6 heteroatoms. The highest BCUT2D eigenvalue weighted by Crippen LogP contribution is 2.41. The van der Waals surface area contributed by atoms with Crippen LogP contribution in [-0.2, 0) is 6.54 Å². The molecule has 136 valence electrons. The summed E-state index contributed by atoms with van der Waals surface area (Å²) in [5, 5.41) is 7.55. The van der Waals surface area contributed by atoms with Gasteiger partial charge in [-0.1, -0.05) is 43.0 Å². The van der Waals surface area contributed by atoms with Crippen molar-refractivity contribution in [2.24, 2.45) is 4.99 Å². The van der Waals surface area contributed by atoms with Crippen molar-refractivity contribution in [2.45, 2.75) is 44.2 Å². The Hall–Kier alpha value is -2.14. The first-order valence-corrected chi connectivity index (χ1v) is 9.28. The van der Waals surface area contributed by atoms with E-state index in [-0.39, 0.29) is 5.54 Å². The summed E-state index contributed by atoms with van der Waals surface area (Å²) in [6, 6.07) is 9.99. The largest absolute Gasteiger partial charge is 0.371 e. The molecule has 0 radical (unpaired) electrons. The van der Waals surface area contributed by atoms with E-state index in [0.717, 1.165) is 43.1 Å². The molecule has 0 bridgehead atoms. The van der Waals surface area contributed by atoms with Gasteiger partial charge in [-0.25, -0.2) is 13.8 Å². The first-order chi connectivity index (χ1) is 12.6. The van der Waals surface area contributed by atoms with Gasteiger partial charge in [0.05, 0.1) is 16.9 Å². The van der Waals surface area contributed by atoms with Gasteiger partial charge in [-0.3, -0.25) is 0 Å². The van der Waals surface area contributed by atoms with E-state index in [9.17, 15) is 8.78 Å². The average molecular weight is 376 g/mol. The Bertz CT molecular complexity index is 860. The molecule has 0 atom stereocenters. The van der Waals surface area contributed by atoms with Crippen LogP contribution < -0.4 is 10.6 Å². The summed E-state index contributed by atoms with van der Waals surface area (Å²) in [5.41, 5.74) is 1.67. The number of aliphatic imine (C=N–C) groups is 1. The second kappa shape index (κ2) is 6.88. The maximum atomic E-state index is 13.7. The monoisotopic (exact) mass is 375 g/mol. The fourth-order valence-corrected chi connectivity index (χ4v) is 4.04. The molecule has 4 rings (SSSR count). The van der Waals surface area contributed by atoms with Crippen molar-refractivity contribution in [1.82, 2.24) is 5.32 Å². The van der Waals surface area contributed by atoms with Gasteiger partial charge in [-0.15, -0.1) is 0 Å². The summed E-state index contributed by atoms with van der Waals surface area (Å²) >= 11 is 6.06. The second-order valence-electron chi connectivity index (χ2n) is 7.00. The minimum atomic E-state index is -0.886. The van der Waals surface area contributed by atoms with E-state index in [2.05, 4.69) is 15.6 Å². The number of fused-ring (bicyclic) bond motifs is 1. The molecule has 2 N–H and O–H groups in total. The topological polar surface area (TPSA) is 36.4 Å². The van der Waals surface area contributed by atoms with E-state index in [1.54, 1.807) is 0 Å². The van der Waals surface area contributed by atoms with Crippen LogP contribution >= 0.6 is 11.6 Å². The lowest BCUT2D eigenvalue weighted by Gasteiger charge is -2.42. The van der Waals surface area contributed by atoms with Crippen molar-refractivity contribution in [2.75, 3.05) is 5.32 Å². The van der Waals surface area contributed by atoms with Gasteiger partial charge in [0.15, 0.2) is 11.6 Å². The van der Waals surface area contributed by atoms with E-state index in [0.29, 0.717) is 22.9 Å². The highest BCUT2D eigenvalue weighted by atomic mass is 35.5. The van der Waals surface area contributed by atoms with Gasteiger partial charge in [0.25, 0.3) is 0 Å². The van der Waals surface area contributed by atoms with Crippen LogP contribution in [0.15, 0.2) is 41.4 Å². The van der Waals surface area contributed by atoms with E-state index in [4.69, 9.17) is 11.6 Å². The normalized spacial score (nSPS) is 18.0. The van der Waals surface area contributed by atoms with E-state index >= 15 is 0 Å². The lowest BCUT2D eigenvalue weighted by molar-refractivity contribution is 0.395. The molecular formula is C20H20ClF2N3. The maximum Gasteiger partial charge on any atom is 0.161 e. The minimum Gasteiger partial charge on any atom is -0.371 e. The quantitative estimate of drug-likeness (QED) is 0.720. The average Bonchev–Trinajstić information content (AvgIpc) is 2.62. The molecular weight excluding hydrogens is 356 g/mol. The van der Waals surface area contributed by atoms with Crippen LogP contribution in [0.3, 0.4) is 0 Å². The zero-order valence-electron chi connectivity index (χ0n) is 14.3. The third kappa shape index (κ3) is 3.28. The number of hydrogen-bond donors (Lipinski definition) is 2. The Kier molecular flexibility index (Phi) is 4.57. The molecule has 2 aromatic carbocycles. The van der Waals surface area contributed by atoms with Gasteiger partial charge in [-0.2, -0.15) is 0 Å². The number of rotatable bonds is 2. The van der Waals surface area contributed by atoms with Crippen LogP contribution in [0.2, 0.25) is 5.02 Å². The van der Waals surface area contributed by atoms with Crippen molar-refractivity contribution in [3.8, 4) is 0 Å². The zero-order chi connectivity index (χ0) is 18.1. The highest BCUT2D eigenvalue weighted by molar-refractivity contribution is 6.30. The van der Waals surface area contributed by atoms with Gasteiger partial charge in [0.1, 0.15) is 5.84 Å². The lowest BCUT2D eigenvalue weighted by Crippen LogP contribution is -2.54. The number of nitrogens with one attached hydrogen (secondary N) is 2. The SMILES string of the molecule is Fc1cc2c(cc1F)NC1(CCCCC1)C(NCc1cccc(Cl)c1)=N2. The molecule has 1 aliphatic heterocycles. The smallest absolute Gasteiger partial charge is 0.161 e. The fourth-order valence-electron chi connectivity index (χ4n) is 3.83. The van der Waals surface area contributed by atoms with Crippen LogP contribution in [0, 0.1) is 11.6 Å². The molecule has 2 aliphatic rings. The Labute approximate surface area is 156 Å². The Morgan fingerprint density at radius 2 is 1.85 bits per heavy atom. The molecule has 1 spiro atoms. The molecule has 26 heavy (non-hydrogen) atoms. The Morgan fingerprint density at radius 1 is 1.08 bits per heavy atom. The molecule has 0 aromatic heterocycles. The van der Waals surface area contributed by atoms with Gasteiger partial charge < -0.3 is 10.6 Å². The second-order valence-corrected chi connectivity index (χ2v) is 7.43. The Balaban J connectivity index is 1.67. The van der Waals surface area contributed by atoms with Crippen molar-refractivity contribution >= 4 is 28.8 Å². The van der Waals surface area contributed by atoms with Gasteiger partial charge in [0, 0.05) is 23.7 Å². The highest BCUT2D eigenvalue weighted by Gasteiger charge is 2.40. The molecule has 1 aliphatic carbocycles. The molecule has 3 nitrogen and oxygen atoms in total. The van der Waals surface area contributed by atoms with Crippen LogP contribution in [0.5, 0.6) is 0 Å². The number of anilines is 1. The van der Waals surface area contributed by atoms with E-state index < -0.39 is 11.6 Å². The summed E-state index contributed by atoms with van der Waals surface area (Å²) < 4.78 is 27.3. The first-order valence-electron chi connectivity index (χ1n) is 8.90. The van der Waals surface area contributed by atoms with Crippen molar-refractivity contribution in [3.63, 3.8) is 0 Å². The van der Waals surface area contributed by atoms with Gasteiger partial charge in [0.2, 0.25) is 0 Å². The van der Waals surface area contributed by atoms with E-state index in [1.807, 2.05) is 24.3 Å². The predicted molar refractivity (Wildman–Crippen MR) is 101 cm³/mol. The van der Waals surface area contributed by atoms with Crippen LogP contribution in [0.4, 0.5) is 20.2 Å². The predicted octanol–water partition coefficient (Wildman–Crippen LogP) is 5.57. The first kappa shape index (κ1) is 17.3.